The van der Waals surface area contributed by atoms with Gasteiger partial charge < -0.3 is 14.6 Å². The van der Waals surface area contributed by atoms with Crippen molar-refractivity contribution in [3.05, 3.63) is 114 Å². The van der Waals surface area contributed by atoms with Crippen LogP contribution in [0.3, 0.4) is 0 Å². The molecule has 0 saturated carbocycles. The monoisotopic (exact) mass is 456 g/mol. The van der Waals surface area contributed by atoms with E-state index in [4.69, 9.17) is 0 Å². The predicted molar refractivity (Wildman–Crippen MR) is 127 cm³/mol. The van der Waals surface area contributed by atoms with Crippen LogP contribution in [0.25, 0.3) is 22.0 Å². The highest BCUT2D eigenvalue weighted by Crippen LogP contribution is 2.53. The number of aromatic amines is 1. The van der Waals surface area contributed by atoms with Gasteiger partial charge in [-0.05, 0) is 35.4 Å². The van der Waals surface area contributed by atoms with Gasteiger partial charge in [-0.2, -0.15) is 0 Å². The number of ether oxygens (including phenoxy) is 1. The summed E-state index contributed by atoms with van der Waals surface area (Å²) in [4.78, 5) is 5.28. The molecule has 1 N–H and O–H groups in total. The highest BCUT2D eigenvalue weighted by atomic mass is 19.4. The number of alkyl halides is 3. The van der Waals surface area contributed by atoms with Crippen LogP contribution in [0.4, 0.5) is 24.5 Å². The molecule has 3 nitrogen and oxygen atoms in total. The van der Waals surface area contributed by atoms with E-state index in [0.717, 1.165) is 38.8 Å². The third kappa shape index (κ3) is 3.30. The molecule has 1 atom stereocenters. The molecule has 0 bridgehead atoms. The van der Waals surface area contributed by atoms with Crippen molar-refractivity contribution >= 4 is 22.3 Å². The van der Waals surface area contributed by atoms with Crippen LogP contribution in [0.2, 0.25) is 0 Å². The van der Waals surface area contributed by atoms with Gasteiger partial charge >= 0.3 is 6.36 Å². The summed E-state index contributed by atoms with van der Waals surface area (Å²) in [5, 5.41) is 1.01. The maximum atomic E-state index is 13.4. The van der Waals surface area contributed by atoms with Gasteiger partial charge in [0.1, 0.15) is 0 Å². The SMILES string of the molecule is FC(F)(F)Oc1ccccc1N1c2ccccc2-c2ccccc2C1c1c[nH]c2ccccc12. The minimum atomic E-state index is -4.81. The lowest BCUT2D eigenvalue weighted by Crippen LogP contribution is -2.30. The molecular formula is C28H19F3N2O. The number of benzene rings is 4. The molecule has 4 aromatic carbocycles. The Morgan fingerprint density at radius 3 is 2.15 bits per heavy atom. The maximum Gasteiger partial charge on any atom is 0.573 e. The second-order valence-corrected chi connectivity index (χ2v) is 8.18. The zero-order valence-electron chi connectivity index (χ0n) is 17.9. The molecule has 34 heavy (non-hydrogen) atoms. The molecule has 1 aliphatic rings. The second kappa shape index (κ2) is 7.70. The van der Waals surface area contributed by atoms with Crippen LogP contribution in [0.15, 0.2) is 103 Å². The van der Waals surface area contributed by atoms with Crippen molar-refractivity contribution in [1.29, 1.82) is 0 Å². The Kier molecular flexibility index (Phi) is 4.62. The van der Waals surface area contributed by atoms with Crippen LogP contribution < -0.4 is 9.64 Å². The molecule has 0 fully saturated rings. The normalized spacial score (nSPS) is 15.1. The number of rotatable bonds is 3. The molecule has 0 spiro atoms. The van der Waals surface area contributed by atoms with Gasteiger partial charge in [0, 0.05) is 28.2 Å². The fraction of sp³-hybridized carbons (Fsp3) is 0.0714. The van der Waals surface area contributed by atoms with E-state index in [9.17, 15) is 13.2 Å². The third-order valence-corrected chi connectivity index (χ3v) is 6.23. The molecule has 0 amide bonds. The maximum absolute atomic E-state index is 13.4. The molecule has 6 rings (SSSR count). The van der Waals surface area contributed by atoms with Gasteiger partial charge in [0.05, 0.1) is 17.4 Å². The Morgan fingerprint density at radius 2 is 1.32 bits per heavy atom. The van der Waals surface area contributed by atoms with E-state index < -0.39 is 6.36 Å². The molecular weight excluding hydrogens is 437 g/mol. The van der Waals surface area contributed by atoms with Gasteiger partial charge in [-0.25, -0.2) is 0 Å². The lowest BCUT2D eigenvalue weighted by Gasteiger charge is -2.41. The Morgan fingerprint density at radius 1 is 0.676 bits per heavy atom. The van der Waals surface area contributed by atoms with E-state index in [1.165, 1.54) is 6.07 Å². The van der Waals surface area contributed by atoms with Crippen LogP contribution in [-0.4, -0.2) is 11.3 Å². The first-order valence-corrected chi connectivity index (χ1v) is 10.9. The second-order valence-electron chi connectivity index (χ2n) is 8.18. The number of aromatic nitrogens is 1. The summed E-state index contributed by atoms with van der Waals surface area (Å²) < 4.78 is 44.6. The Hall–Kier alpha value is -4.19. The van der Waals surface area contributed by atoms with Crippen LogP contribution in [0.5, 0.6) is 5.75 Å². The number of hydrogen-bond donors (Lipinski definition) is 1. The molecule has 6 heteroatoms. The lowest BCUT2D eigenvalue weighted by atomic mass is 9.84. The molecule has 0 saturated heterocycles. The van der Waals surface area contributed by atoms with E-state index >= 15 is 0 Å². The molecule has 168 valence electrons. The van der Waals surface area contributed by atoms with Gasteiger partial charge in [0.25, 0.3) is 0 Å². The number of halogens is 3. The number of anilines is 2. The average molecular weight is 456 g/mol. The standard InChI is InChI=1S/C28H19F3N2O/c29-28(30,31)34-26-16-8-7-15-25(26)33-24-14-6-4-11-20(24)18-9-1-2-12-21(18)27(33)22-17-32-23-13-5-3-10-19(22)23/h1-17,27,32H. The van der Waals surface area contributed by atoms with Crippen LogP contribution >= 0.6 is 0 Å². The van der Waals surface area contributed by atoms with Gasteiger partial charge in [0.2, 0.25) is 0 Å². The summed E-state index contributed by atoms with van der Waals surface area (Å²) in [6.07, 6.45) is -2.86. The Balaban J connectivity index is 1.67. The first kappa shape index (κ1) is 20.4. The molecule has 0 aliphatic carbocycles. The van der Waals surface area contributed by atoms with Crippen molar-refractivity contribution in [3.8, 4) is 16.9 Å². The molecule has 1 aromatic heterocycles. The zero-order valence-corrected chi connectivity index (χ0v) is 17.9. The van der Waals surface area contributed by atoms with E-state index in [0.29, 0.717) is 5.69 Å². The van der Waals surface area contributed by atoms with Crippen molar-refractivity contribution in [3.63, 3.8) is 0 Å². The van der Waals surface area contributed by atoms with Crippen molar-refractivity contribution in [2.75, 3.05) is 4.90 Å². The van der Waals surface area contributed by atoms with E-state index in [-0.39, 0.29) is 11.8 Å². The summed E-state index contributed by atoms with van der Waals surface area (Å²) >= 11 is 0. The van der Waals surface area contributed by atoms with Crippen molar-refractivity contribution in [2.24, 2.45) is 0 Å². The van der Waals surface area contributed by atoms with Crippen LogP contribution in [0, 0.1) is 0 Å². The zero-order chi connectivity index (χ0) is 23.3. The average Bonchev–Trinajstić information content (AvgIpc) is 3.27. The van der Waals surface area contributed by atoms with E-state index in [2.05, 4.69) is 15.8 Å². The molecule has 1 aliphatic heterocycles. The predicted octanol–water partition coefficient (Wildman–Crippen LogP) is 7.97. The number of hydrogen-bond acceptors (Lipinski definition) is 2. The minimum Gasteiger partial charge on any atom is -0.404 e. The minimum absolute atomic E-state index is 0.242. The summed E-state index contributed by atoms with van der Waals surface area (Å²) in [6.45, 7) is 0. The molecule has 0 radical (unpaired) electrons. The largest absolute Gasteiger partial charge is 0.573 e. The van der Waals surface area contributed by atoms with Gasteiger partial charge in [-0.15, -0.1) is 13.2 Å². The highest BCUT2D eigenvalue weighted by Gasteiger charge is 2.38. The van der Waals surface area contributed by atoms with Crippen LogP contribution in [0.1, 0.15) is 17.2 Å². The third-order valence-electron chi connectivity index (χ3n) is 6.23. The topological polar surface area (TPSA) is 28.3 Å². The number of H-pyrrole nitrogens is 1. The molecule has 5 aromatic rings. The quantitative estimate of drug-likeness (QED) is 0.298. The first-order chi connectivity index (χ1) is 16.5. The first-order valence-electron chi connectivity index (χ1n) is 10.9. The number of nitrogens with zero attached hydrogens (tertiary/aromatic N) is 1. The smallest absolute Gasteiger partial charge is 0.404 e. The van der Waals surface area contributed by atoms with Crippen molar-refractivity contribution < 1.29 is 17.9 Å². The summed E-state index contributed by atoms with van der Waals surface area (Å²) in [5.74, 6) is -0.242. The number of para-hydroxylation sites is 4. The fourth-order valence-electron chi connectivity index (χ4n) is 4.93. The van der Waals surface area contributed by atoms with Gasteiger partial charge in [-0.3, -0.25) is 0 Å². The summed E-state index contributed by atoms with van der Waals surface area (Å²) in [7, 11) is 0. The van der Waals surface area contributed by atoms with Crippen LogP contribution in [-0.2, 0) is 0 Å². The van der Waals surface area contributed by atoms with E-state index in [1.807, 2.05) is 77.8 Å². The summed E-state index contributed by atoms with van der Waals surface area (Å²) in [6, 6.07) is 29.7. The highest BCUT2D eigenvalue weighted by molar-refractivity contribution is 5.93. The van der Waals surface area contributed by atoms with Crippen molar-refractivity contribution in [2.45, 2.75) is 12.4 Å². The van der Waals surface area contributed by atoms with Gasteiger partial charge in [-0.1, -0.05) is 72.8 Å². The number of nitrogens with one attached hydrogen (secondary N) is 1. The summed E-state index contributed by atoms with van der Waals surface area (Å²) in [5.41, 5.74) is 6.11. The Labute approximate surface area is 194 Å². The fourth-order valence-corrected chi connectivity index (χ4v) is 4.93. The number of fused-ring (bicyclic) bond motifs is 4. The lowest BCUT2D eigenvalue weighted by molar-refractivity contribution is -0.274. The Bertz CT molecular complexity index is 1510. The molecule has 1 unspecified atom stereocenters. The van der Waals surface area contributed by atoms with E-state index in [1.54, 1.807) is 18.2 Å². The molecule has 2 heterocycles. The van der Waals surface area contributed by atoms with Gasteiger partial charge in [0.15, 0.2) is 5.75 Å². The van der Waals surface area contributed by atoms with Crippen molar-refractivity contribution in [1.82, 2.24) is 4.98 Å².